The molecule has 0 atom stereocenters. The SMILES string of the molecule is Cc1cc2c(SCC(=O)Nc3cccc([N+](=O)[O-])c3)ncnc2s1. The normalized spacial score (nSPS) is 10.7. The third-order valence-electron chi connectivity index (χ3n) is 3.10. The first kappa shape index (κ1) is 16.3. The smallest absolute Gasteiger partial charge is 0.271 e. The molecule has 1 amide bonds. The number of nitro groups is 1. The van der Waals surface area contributed by atoms with Crippen LogP contribution in [0.2, 0.25) is 0 Å². The zero-order valence-corrected chi connectivity index (χ0v) is 14.2. The monoisotopic (exact) mass is 360 g/mol. The highest BCUT2D eigenvalue weighted by Gasteiger charge is 2.11. The Bertz CT molecular complexity index is 926. The zero-order valence-electron chi connectivity index (χ0n) is 12.6. The maximum absolute atomic E-state index is 12.1. The van der Waals surface area contributed by atoms with Crippen LogP contribution in [0.5, 0.6) is 0 Å². The Balaban J connectivity index is 1.67. The molecule has 0 spiro atoms. The molecule has 2 heterocycles. The number of rotatable bonds is 5. The fourth-order valence-electron chi connectivity index (χ4n) is 2.10. The number of carbonyl (C=O) groups is 1. The molecule has 9 heteroatoms. The van der Waals surface area contributed by atoms with E-state index in [9.17, 15) is 14.9 Å². The van der Waals surface area contributed by atoms with Crippen LogP contribution >= 0.6 is 23.1 Å². The van der Waals surface area contributed by atoms with Crippen LogP contribution in [0.4, 0.5) is 11.4 Å². The van der Waals surface area contributed by atoms with Gasteiger partial charge in [0.2, 0.25) is 5.91 Å². The van der Waals surface area contributed by atoms with E-state index < -0.39 is 4.92 Å². The van der Waals surface area contributed by atoms with Gasteiger partial charge < -0.3 is 5.32 Å². The average Bonchev–Trinajstić information content (AvgIpc) is 2.94. The number of nitrogens with one attached hydrogen (secondary N) is 1. The van der Waals surface area contributed by atoms with E-state index in [0.29, 0.717) is 5.69 Å². The number of thioether (sulfide) groups is 1. The topological polar surface area (TPSA) is 98.0 Å². The van der Waals surface area contributed by atoms with E-state index in [1.807, 2.05) is 13.0 Å². The largest absolute Gasteiger partial charge is 0.325 e. The first-order valence-electron chi connectivity index (χ1n) is 6.91. The summed E-state index contributed by atoms with van der Waals surface area (Å²) in [7, 11) is 0. The van der Waals surface area contributed by atoms with Crippen molar-refractivity contribution in [2.24, 2.45) is 0 Å². The molecule has 122 valence electrons. The summed E-state index contributed by atoms with van der Waals surface area (Å²) in [6.07, 6.45) is 1.49. The molecule has 3 aromatic rings. The quantitative estimate of drug-likeness (QED) is 0.323. The lowest BCUT2D eigenvalue weighted by Gasteiger charge is -2.05. The molecule has 7 nitrogen and oxygen atoms in total. The third kappa shape index (κ3) is 3.69. The number of thiophene rings is 1. The van der Waals surface area contributed by atoms with Gasteiger partial charge in [-0.1, -0.05) is 17.8 Å². The predicted molar refractivity (Wildman–Crippen MR) is 94.6 cm³/mol. The number of benzene rings is 1. The maximum Gasteiger partial charge on any atom is 0.271 e. The number of aryl methyl sites for hydroxylation is 1. The number of amides is 1. The lowest BCUT2D eigenvalue weighted by atomic mass is 10.3. The summed E-state index contributed by atoms with van der Waals surface area (Å²) in [5, 5.41) is 15.1. The fraction of sp³-hybridized carbons (Fsp3) is 0.133. The van der Waals surface area contributed by atoms with Crippen molar-refractivity contribution in [1.82, 2.24) is 9.97 Å². The van der Waals surface area contributed by atoms with Crippen LogP contribution in [0.3, 0.4) is 0 Å². The highest BCUT2D eigenvalue weighted by atomic mass is 32.2. The van der Waals surface area contributed by atoms with Crippen molar-refractivity contribution in [1.29, 1.82) is 0 Å². The Labute approximate surface area is 145 Å². The second kappa shape index (κ2) is 6.93. The van der Waals surface area contributed by atoms with E-state index in [-0.39, 0.29) is 17.3 Å². The number of anilines is 1. The Morgan fingerprint density at radius 2 is 2.21 bits per heavy atom. The Morgan fingerprint density at radius 1 is 1.38 bits per heavy atom. The van der Waals surface area contributed by atoms with Crippen molar-refractivity contribution in [3.63, 3.8) is 0 Å². The molecule has 0 aliphatic carbocycles. The average molecular weight is 360 g/mol. The maximum atomic E-state index is 12.1. The van der Waals surface area contributed by atoms with E-state index in [4.69, 9.17) is 0 Å². The third-order valence-corrected chi connectivity index (χ3v) is 5.06. The van der Waals surface area contributed by atoms with Crippen LogP contribution in [-0.2, 0) is 4.79 Å². The number of nitrogens with zero attached hydrogens (tertiary/aromatic N) is 3. The molecule has 0 radical (unpaired) electrons. The molecule has 0 aliphatic rings. The van der Waals surface area contributed by atoms with Gasteiger partial charge in [0.1, 0.15) is 16.2 Å². The number of non-ortho nitro benzene ring substituents is 1. The van der Waals surface area contributed by atoms with E-state index in [0.717, 1.165) is 20.1 Å². The molecule has 0 unspecified atom stereocenters. The highest BCUT2D eigenvalue weighted by Crippen LogP contribution is 2.30. The van der Waals surface area contributed by atoms with Gasteiger partial charge in [-0.05, 0) is 19.1 Å². The summed E-state index contributed by atoms with van der Waals surface area (Å²) in [5.74, 6) is -0.0943. The molecule has 0 bridgehead atoms. The van der Waals surface area contributed by atoms with Crippen molar-refractivity contribution in [3.05, 3.63) is 51.7 Å². The first-order valence-corrected chi connectivity index (χ1v) is 8.71. The van der Waals surface area contributed by atoms with Crippen molar-refractivity contribution in [2.45, 2.75) is 11.9 Å². The van der Waals surface area contributed by atoms with Gasteiger partial charge in [-0.15, -0.1) is 11.3 Å². The summed E-state index contributed by atoms with van der Waals surface area (Å²) < 4.78 is 0. The minimum absolute atomic E-state index is 0.0632. The number of carbonyl (C=O) groups excluding carboxylic acids is 1. The number of hydrogen-bond donors (Lipinski definition) is 1. The van der Waals surface area contributed by atoms with Crippen LogP contribution < -0.4 is 5.32 Å². The molecule has 0 saturated carbocycles. The van der Waals surface area contributed by atoms with Crippen molar-refractivity contribution < 1.29 is 9.72 Å². The van der Waals surface area contributed by atoms with Crippen molar-refractivity contribution in [3.8, 4) is 0 Å². The van der Waals surface area contributed by atoms with Gasteiger partial charge in [0, 0.05) is 28.1 Å². The van der Waals surface area contributed by atoms with Gasteiger partial charge in [0.05, 0.1) is 10.7 Å². The van der Waals surface area contributed by atoms with E-state index >= 15 is 0 Å². The summed E-state index contributed by atoms with van der Waals surface area (Å²) in [4.78, 5) is 32.8. The van der Waals surface area contributed by atoms with Gasteiger partial charge in [-0.25, -0.2) is 9.97 Å². The summed E-state index contributed by atoms with van der Waals surface area (Å²) >= 11 is 2.89. The molecular formula is C15H12N4O3S2. The molecule has 0 fully saturated rings. The lowest BCUT2D eigenvalue weighted by molar-refractivity contribution is -0.384. The van der Waals surface area contributed by atoms with Crippen LogP contribution in [0.25, 0.3) is 10.2 Å². The van der Waals surface area contributed by atoms with Gasteiger partial charge in [-0.3, -0.25) is 14.9 Å². The summed E-state index contributed by atoms with van der Waals surface area (Å²) in [6, 6.07) is 7.85. The molecule has 24 heavy (non-hydrogen) atoms. The molecule has 3 rings (SSSR count). The Hall–Kier alpha value is -2.52. The van der Waals surface area contributed by atoms with Gasteiger partial charge >= 0.3 is 0 Å². The van der Waals surface area contributed by atoms with Crippen molar-refractivity contribution in [2.75, 3.05) is 11.1 Å². The number of hydrogen-bond acceptors (Lipinski definition) is 7. The molecule has 1 aromatic carbocycles. The van der Waals surface area contributed by atoms with Gasteiger partial charge in [0.25, 0.3) is 5.69 Å². The van der Waals surface area contributed by atoms with Crippen LogP contribution in [0.15, 0.2) is 41.7 Å². The second-order valence-electron chi connectivity index (χ2n) is 4.90. The first-order chi connectivity index (χ1) is 11.5. The lowest BCUT2D eigenvalue weighted by Crippen LogP contribution is -2.14. The second-order valence-corrected chi connectivity index (χ2v) is 7.10. The van der Waals surface area contributed by atoms with Crippen LogP contribution in [-0.4, -0.2) is 26.6 Å². The van der Waals surface area contributed by atoms with Gasteiger partial charge in [-0.2, -0.15) is 0 Å². The standard InChI is InChI=1S/C15H12N4O3S2/c1-9-5-12-14(16-8-17-15(12)24-9)23-7-13(20)18-10-3-2-4-11(6-10)19(21)22/h2-6,8H,7H2,1H3,(H,18,20). The highest BCUT2D eigenvalue weighted by molar-refractivity contribution is 8.00. The van der Waals surface area contributed by atoms with E-state index in [1.165, 1.54) is 36.3 Å². The fourth-order valence-corrected chi connectivity index (χ4v) is 3.78. The minimum atomic E-state index is -0.499. The van der Waals surface area contributed by atoms with Crippen LogP contribution in [0, 0.1) is 17.0 Å². The van der Waals surface area contributed by atoms with Crippen LogP contribution in [0.1, 0.15) is 4.88 Å². The predicted octanol–water partition coefficient (Wildman–Crippen LogP) is 3.64. The molecule has 2 aromatic heterocycles. The summed E-state index contributed by atoms with van der Waals surface area (Å²) in [6.45, 7) is 2.00. The van der Waals surface area contributed by atoms with Gasteiger partial charge in [0.15, 0.2) is 0 Å². The van der Waals surface area contributed by atoms with E-state index in [2.05, 4.69) is 15.3 Å². The minimum Gasteiger partial charge on any atom is -0.325 e. The number of nitro benzene ring substituents is 1. The summed E-state index contributed by atoms with van der Waals surface area (Å²) in [5.41, 5.74) is 0.334. The Kier molecular flexibility index (Phi) is 4.72. The number of aromatic nitrogens is 2. The van der Waals surface area contributed by atoms with E-state index in [1.54, 1.807) is 17.4 Å². The molecular weight excluding hydrogens is 348 g/mol. The number of fused-ring (bicyclic) bond motifs is 1. The molecule has 0 aliphatic heterocycles. The Morgan fingerprint density at radius 3 is 3.00 bits per heavy atom. The van der Waals surface area contributed by atoms with Crippen molar-refractivity contribution >= 4 is 50.6 Å². The zero-order chi connectivity index (χ0) is 17.1. The molecule has 1 N–H and O–H groups in total. The molecule has 0 saturated heterocycles.